The predicted molar refractivity (Wildman–Crippen MR) is 97.5 cm³/mol. The highest BCUT2D eigenvalue weighted by Gasteiger charge is 2.29. The van der Waals surface area contributed by atoms with Gasteiger partial charge in [0.25, 0.3) is 0 Å². The quantitative estimate of drug-likeness (QED) is 0.717. The maximum Gasteiger partial charge on any atom is 0.168 e. The molecule has 0 saturated carbocycles. The minimum absolute atomic E-state index is 0.158. The van der Waals surface area contributed by atoms with Crippen LogP contribution in [-0.4, -0.2) is 65.0 Å². The summed E-state index contributed by atoms with van der Waals surface area (Å²) in [6.07, 6.45) is 2.04. The van der Waals surface area contributed by atoms with Crippen LogP contribution in [0.15, 0.2) is 24.3 Å². The summed E-state index contributed by atoms with van der Waals surface area (Å²) in [5.41, 5.74) is 0.684. The van der Waals surface area contributed by atoms with Crippen molar-refractivity contribution in [1.82, 2.24) is 25.1 Å². The number of methoxy groups -OCH3 is 1. The standard InChI is InChI=1S/C18H27FN6O/c1-3-6-17(18-20-21-22-25(18)13-14-26-2)24-11-9-23(10-12-24)16-8-5-4-7-15(16)19/h4-5,7-8,17H,3,6,9-14H2,1-2H3/t17-/m1/s1. The number of anilines is 1. The van der Waals surface area contributed by atoms with Crippen molar-refractivity contribution in [2.75, 3.05) is 44.8 Å². The lowest BCUT2D eigenvalue weighted by atomic mass is 10.1. The first-order chi connectivity index (χ1) is 12.7. The Morgan fingerprint density at radius 2 is 1.96 bits per heavy atom. The van der Waals surface area contributed by atoms with Gasteiger partial charge in [0.1, 0.15) is 5.82 Å². The number of aromatic nitrogens is 4. The van der Waals surface area contributed by atoms with E-state index in [2.05, 4.69) is 32.2 Å². The van der Waals surface area contributed by atoms with E-state index < -0.39 is 0 Å². The molecule has 0 spiro atoms. The third-order valence-electron chi connectivity index (χ3n) is 4.88. The number of rotatable bonds is 8. The highest BCUT2D eigenvalue weighted by molar-refractivity contribution is 5.48. The molecule has 26 heavy (non-hydrogen) atoms. The van der Waals surface area contributed by atoms with Crippen LogP contribution in [0.1, 0.15) is 31.6 Å². The Bertz CT molecular complexity index is 686. The smallest absolute Gasteiger partial charge is 0.168 e. The molecular weight excluding hydrogens is 335 g/mol. The van der Waals surface area contributed by atoms with Gasteiger partial charge in [0, 0.05) is 33.3 Å². The number of hydrogen-bond acceptors (Lipinski definition) is 6. The molecule has 0 amide bonds. The monoisotopic (exact) mass is 362 g/mol. The van der Waals surface area contributed by atoms with Crippen LogP contribution in [0.2, 0.25) is 0 Å². The molecule has 8 heteroatoms. The summed E-state index contributed by atoms with van der Waals surface area (Å²) in [5, 5.41) is 12.3. The predicted octanol–water partition coefficient (Wildman–Crippen LogP) is 2.12. The zero-order valence-corrected chi connectivity index (χ0v) is 15.5. The fraction of sp³-hybridized carbons (Fsp3) is 0.611. The average Bonchev–Trinajstić information content (AvgIpc) is 3.13. The molecule has 1 saturated heterocycles. The second kappa shape index (κ2) is 9.05. The number of piperazine rings is 1. The molecular formula is C18H27FN6O. The van der Waals surface area contributed by atoms with Gasteiger partial charge >= 0.3 is 0 Å². The van der Waals surface area contributed by atoms with Crippen LogP contribution in [0.5, 0.6) is 0 Å². The van der Waals surface area contributed by atoms with Crippen LogP contribution >= 0.6 is 0 Å². The molecule has 2 heterocycles. The number of nitrogens with zero attached hydrogens (tertiary/aromatic N) is 6. The van der Waals surface area contributed by atoms with E-state index in [-0.39, 0.29) is 11.9 Å². The fourth-order valence-electron chi connectivity index (χ4n) is 3.52. The van der Waals surface area contributed by atoms with Gasteiger partial charge in [-0.2, -0.15) is 0 Å². The second-order valence-electron chi connectivity index (χ2n) is 6.53. The zero-order chi connectivity index (χ0) is 18.4. The van der Waals surface area contributed by atoms with E-state index in [1.54, 1.807) is 13.2 Å². The van der Waals surface area contributed by atoms with Gasteiger partial charge in [-0.3, -0.25) is 4.90 Å². The Morgan fingerprint density at radius 1 is 1.19 bits per heavy atom. The fourth-order valence-corrected chi connectivity index (χ4v) is 3.52. The Balaban J connectivity index is 1.69. The summed E-state index contributed by atoms with van der Waals surface area (Å²) in [5.74, 6) is 0.734. The van der Waals surface area contributed by atoms with E-state index in [4.69, 9.17) is 4.74 Å². The summed E-state index contributed by atoms with van der Waals surface area (Å²) in [6, 6.07) is 7.15. The van der Waals surface area contributed by atoms with Gasteiger partial charge in [-0.05, 0) is 29.0 Å². The molecule has 1 atom stereocenters. The molecule has 0 N–H and O–H groups in total. The number of benzene rings is 1. The lowest BCUT2D eigenvalue weighted by Crippen LogP contribution is -2.48. The second-order valence-corrected chi connectivity index (χ2v) is 6.53. The largest absolute Gasteiger partial charge is 0.383 e. The molecule has 1 fully saturated rings. The maximum atomic E-state index is 14.0. The van der Waals surface area contributed by atoms with E-state index in [9.17, 15) is 4.39 Å². The SMILES string of the molecule is CCC[C@H](c1nnnn1CCOC)N1CCN(c2ccccc2F)CC1. The van der Waals surface area contributed by atoms with E-state index >= 15 is 0 Å². The first-order valence-corrected chi connectivity index (χ1v) is 9.23. The number of tetrazole rings is 1. The van der Waals surface area contributed by atoms with Crippen LogP contribution < -0.4 is 4.90 Å². The number of halogens is 1. The first-order valence-electron chi connectivity index (χ1n) is 9.23. The molecule has 2 aromatic rings. The Morgan fingerprint density at radius 3 is 2.65 bits per heavy atom. The number of ether oxygens (including phenoxy) is 1. The third kappa shape index (κ3) is 4.19. The van der Waals surface area contributed by atoms with Crippen LogP contribution in [0.4, 0.5) is 10.1 Å². The van der Waals surface area contributed by atoms with Gasteiger partial charge in [-0.25, -0.2) is 9.07 Å². The van der Waals surface area contributed by atoms with E-state index in [1.165, 1.54) is 6.07 Å². The molecule has 0 bridgehead atoms. The third-order valence-corrected chi connectivity index (χ3v) is 4.88. The van der Waals surface area contributed by atoms with Gasteiger partial charge in [-0.15, -0.1) is 5.10 Å². The van der Waals surface area contributed by atoms with Crippen LogP contribution in [-0.2, 0) is 11.3 Å². The zero-order valence-electron chi connectivity index (χ0n) is 15.5. The van der Waals surface area contributed by atoms with Crippen molar-refractivity contribution in [1.29, 1.82) is 0 Å². The molecule has 1 aliphatic heterocycles. The van der Waals surface area contributed by atoms with Crippen molar-refractivity contribution >= 4 is 5.69 Å². The van der Waals surface area contributed by atoms with Gasteiger partial charge < -0.3 is 9.64 Å². The molecule has 7 nitrogen and oxygen atoms in total. The highest BCUT2D eigenvalue weighted by atomic mass is 19.1. The lowest BCUT2D eigenvalue weighted by molar-refractivity contribution is 0.153. The van der Waals surface area contributed by atoms with Crippen molar-refractivity contribution in [2.24, 2.45) is 0 Å². The molecule has 0 radical (unpaired) electrons. The van der Waals surface area contributed by atoms with Crippen molar-refractivity contribution < 1.29 is 9.13 Å². The summed E-state index contributed by atoms with van der Waals surface area (Å²) < 4.78 is 21.0. The molecule has 0 aliphatic carbocycles. The normalized spacial score (nSPS) is 16.8. The van der Waals surface area contributed by atoms with E-state index in [1.807, 2.05) is 16.8 Å². The number of para-hydroxylation sites is 1. The van der Waals surface area contributed by atoms with Crippen LogP contribution in [0, 0.1) is 5.82 Å². The van der Waals surface area contributed by atoms with Gasteiger partial charge in [0.2, 0.25) is 0 Å². The molecule has 1 aliphatic rings. The number of hydrogen-bond donors (Lipinski definition) is 0. The molecule has 0 unspecified atom stereocenters. The van der Waals surface area contributed by atoms with Gasteiger partial charge in [0.15, 0.2) is 5.82 Å². The first kappa shape index (κ1) is 18.7. The summed E-state index contributed by atoms with van der Waals surface area (Å²) >= 11 is 0. The van der Waals surface area contributed by atoms with Crippen molar-refractivity contribution in [2.45, 2.75) is 32.4 Å². The summed E-state index contributed by atoms with van der Waals surface area (Å²) in [4.78, 5) is 4.53. The minimum atomic E-state index is -0.158. The average molecular weight is 362 g/mol. The van der Waals surface area contributed by atoms with Crippen LogP contribution in [0.25, 0.3) is 0 Å². The van der Waals surface area contributed by atoms with Gasteiger partial charge in [-0.1, -0.05) is 25.5 Å². The van der Waals surface area contributed by atoms with E-state index in [0.29, 0.717) is 18.8 Å². The molecule has 1 aromatic heterocycles. The summed E-state index contributed by atoms with van der Waals surface area (Å²) in [6.45, 7) is 6.70. The highest BCUT2D eigenvalue weighted by Crippen LogP contribution is 2.27. The minimum Gasteiger partial charge on any atom is -0.383 e. The topological polar surface area (TPSA) is 59.3 Å². The Labute approximate surface area is 153 Å². The maximum absolute atomic E-state index is 14.0. The van der Waals surface area contributed by atoms with Gasteiger partial charge in [0.05, 0.1) is 24.9 Å². The van der Waals surface area contributed by atoms with E-state index in [0.717, 1.165) is 44.8 Å². The van der Waals surface area contributed by atoms with Crippen LogP contribution in [0.3, 0.4) is 0 Å². The van der Waals surface area contributed by atoms with Crippen molar-refractivity contribution in [3.05, 3.63) is 35.9 Å². The Hall–Kier alpha value is -2.06. The lowest BCUT2D eigenvalue weighted by Gasteiger charge is -2.39. The van der Waals surface area contributed by atoms with Crippen molar-refractivity contribution in [3.8, 4) is 0 Å². The van der Waals surface area contributed by atoms with Crippen molar-refractivity contribution in [3.63, 3.8) is 0 Å². The Kier molecular flexibility index (Phi) is 6.51. The molecule has 142 valence electrons. The molecule has 3 rings (SSSR count). The molecule has 1 aromatic carbocycles. The summed E-state index contributed by atoms with van der Waals surface area (Å²) in [7, 11) is 1.68.